The SMILES string of the molecule is O=C(OCO)c1ccccc1.[KH]. The zero-order valence-corrected chi connectivity index (χ0v) is 5.86. The van der Waals surface area contributed by atoms with Gasteiger partial charge >= 0.3 is 57.4 Å². The molecule has 1 N–H and O–H groups in total. The molecule has 0 heterocycles. The van der Waals surface area contributed by atoms with Crippen LogP contribution in [0.5, 0.6) is 0 Å². The summed E-state index contributed by atoms with van der Waals surface area (Å²) in [5.74, 6) is -0.506. The molecule has 3 nitrogen and oxygen atoms in total. The van der Waals surface area contributed by atoms with E-state index in [4.69, 9.17) is 5.11 Å². The first-order chi connectivity index (χ1) is 5.34. The van der Waals surface area contributed by atoms with Gasteiger partial charge in [0.2, 0.25) is 0 Å². The molecular weight excluding hydrogens is 183 g/mol. The molecule has 0 unspecified atom stereocenters. The molecule has 0 aliphatic carbocycles. The Labute approximate surface area is 113 Å². The van der Waals surface area contributed by atoms with Gasteiger partial charge in [0, 0.05) is 0 Å². The number of carbonyl (C=O) groups excluding carboxylic acids is 1. The summed E-state index contributed by atoms with van der Waals surface area (Å²) in [6.45, 7) is -0.576. The number of hydrogen-bond donors (Lipinski definition) is 1. The van der Waals surface area contributed by atoms with E-state index in [2.05, 4.69) is 4.74 Å². The number of esters is 1. The maximum absolute atomic E-state index is 10.9. The van der Waals surface area contributed by atoms with Crippen molar-refractivity contribution in [3.05, 3.63) is 35.9 Å². The van der Waals surface area contributed by atoms with Crippen LogP contribution in [0.15, 0.2) is 30.3 Å². The van der Waals surface area contributed by atoms with Gasteiger partial charge in [-0.15, -0.1) is 0 Å². The molecule has 1 aromatic rings. The van der Waals surface area contributed by atoms with Gasteiger partial charge in [-0.05, 0) is 12.1 Å². The summed E-state index contributed by atoms with van der Waals surface area (Å²) in [6.07, 6.45) is 0. The van der Waals surface area contributed by atoms with E-state index >= 15 is 0 Å². The van der Waals surface area contributed by atoms with Crippen LogP contribution in [0.1, 0.15) is 10.4 Å². The van der Waals surface area contributed by atoms with Crippen LogP contribution >= 0.6 is 0 Å². The second-order valence-electron chi connectivity index (χ2n) is 1.93. The Hall–Kier alpha value is 0.286. The van der Waals surface area contributed by atoms with Gasteiger partial charge in [0.1, 0.15) is 0 Å². The Kier molecular flexibility index (Phi) is 6.93. The Morgan fingerprint density at radius 1 is 1.33 bits per heavy atom. The Morgan fingerprint density at radius 2 is 1.92 bits per heavy atom. The van der Waals surface area contributed by atoms with Crippen LogP contribution in [-0.2, 0) is 4.74 Å². The van der Waals surface area contributed by atoms with Gasteiger partial charge in [-0.25, -0.2) is 4.79 Å². The van der Waals surface area contributed by atoms with Crippen molar-refractivity contribution >= 4 is 57.4 Å². The Balaban J connectivity index is 0.00000121. The summed E-state index contributed by atoms with van der Waals surface area (Å²) >= 11 is 0. The van der Waals surface area contributed by atoms with E-state index in [1.807, 2.05) is 0 Å². The van der Waals surface area contributed by atoms with Crippen molar-refractivity contribution in [2.45, 2.75) is 0 Å². The molecule has 1 aromatic carbocycles. The fourth-order valence-corrected chi connectivity index (χ4v) is 0.716. The van der Waals surface area contributed by atoms with Crippen molar-refractivity contribution in [1.82, 2.24) is 0 Å². The van der Waals surface area contributed by atoms with Gasteiger partial charge in [-0.3, -0.25) is 0 Å². The van der Waals surface area contributed by atoms with Crippen LogP contribution in [0.25, 0.3) is 0 Å². The molecule has 0 aliphatic heterocycles. The van der Waals surface area contributed by atoms with E-state index in [-0.39, 0.29) is 51.4 Å². The molecule has 0 fully saturated rings. The van der Waals surface area contributed by atoms with Crippen molar-refractivity contribution in [3.63, 3.8) is 0 Å². The number of ether oxygens (including phenoxy) is 1. The molecule has 0 aliphatic rings. The first-order valence-corrected chi connectivity index (χ1v) is 3.17. The summed E-state index contributed by atoms with van der Waals surface area (Å²) in [7, 11) is 0. The minimum atomic E-state index is -0.576. The zero-order chi connectivity index (χ0) is 8.10. The number of aliphatic hydroxyl groups excluding tert-OH is 1. The van der Waals surface area contributed by atoms with Crippen LogP contribution in [0.3, 0.4) is 0 Å². The molecule has 1 rings (SSSR count). The van der Waals surface area contributed by atoms with Crippen molar-refractivity contribution < 1.29 is 14.6 Å². The second kappa shape index (κ2) is 6.76. The van der Waals surface area contributed by atoms with E-state index in [9.17, 15) is 4.79 Å². The van der Waals surface area contributed by atoms with E-state index in [1.54, 1.807) is 30.3 Å². The van der Waals surface area contributed by atoms with Crippen molar-refractivity contribution in [1.29, 1.82) is 0 Å². The fraction of sp³-hybridized carbons (Fsp3) is 0.125. The molecule has 0 amide bonds. The molecule has 0 saturated carbocycles. The van der Waals surface area contributed by atoms with Gasteiger partial charge in [0.05, 0.1) is 5.56 Å². The molecule has 4 heteroatoms. The standard InChI is InChI=1S/C8H8O3.K.H/c9-6-11-8(10)7-4-2-1-3-5-7;;/h1-5,9H,6H2;;. The molecule has 12 heavy (non-hydrogen) atoms. The first-order valence-electron chi connectivity index (χ1n) is 3.17. The van der Waals surface area contributed by atoms with E-state index in [0.29, 0.717) is 5.56 Å². The minimum absolute atomic E-state index is 0. The summed E-state index contributed by atoms with van der Waals surface area (Å²) in [6, 6.07) is 8.51. The topological polar surface area (TPSA) is 46.5 Å². The molecule has 0 spiro atoms. The summed E-state index contributed by atoms with van der Waals surface area (Å²) in [5, 5.41) is 8.25. The van der Waals surface area contributed by atoms with E-state index in [1.165, 1.54) is 0 Å². The zero-order valence-electron chi connectivity index (χ0n) is 5.86. The summed E-state index contributed by atoms with van der Waals surface area (Å²) in [4.78, 5) is 10.9. The number of aliphatic hydroxyl groups is 1. The van der Waals surface area contributed by atoms with Gasteiger partial charge in [-0.2, -0.15) is 0 Å². The molecule has 0 aromatic heterocycles. The summed E-state index contributed by atoms with van der Waals surface area (Å²) < 4.78 is 4.34. The summed E-state index contributed by atoms with van der Waals surface area (Å²) in [5.41, 5.74) is 0.446. The molecule has 0 atom stereocenters. The van der Waals surface area contributed by atoms with Gasteiger partial charge < -0.3 is 9.84 Å². The monoisotopic (exact) mass is 192 g/mol. The Morgan fingerprint density at radius 3 is 2.42 bits per heavy atom. The van der Waals surface area contributed by atoms with Crippen molar-refractivity contribution in [2.75, 3.05) is 6.79 Å². The van der Waals surface area contributed by atoms with Crippen molar-refractivity contribution in [2.24, 2.45) is 0 Å². The third-order valence-corrected chi connectivity index (χ3v) is 1.21. The molecule has 0 saturated heterocycles. The normalized spacial score (nSPS) is 8.42. The number of hydrogen-bond acceptors (Lipinski definition) is 3. The van der Waals surface area contributed by atoms with Crippen LogP contribution in [-0.4, -0.2) is 69.3 Å². The molecular formula is C8H9KO3. The fourth-order valence-electron chi connectivity index (χ4n) is 0.716. The predicted octanol–water partition coefficient (Wildman–Crippen LogP) is 0.145. The van der Waals surface area contributed by atoms with E-state index in [0.717, 1.165) is 0 Å². The van der Waals surface area contributed by atoms with Crippen molar-refractivity contribution in [3.8, 4) is 0 Å². The average Bonchev–Trinajstić information content (AvgIpc) is 2.07. The van der Waals surface area contributed by atoms with Crippen LogP contribution in [0.2, 0.25) is 0 Å². The first kappa shape index (κ1) is 12.3. The Bertz CT molecular complexity index is 235. The van der Waals surface area contributed by atoms with Crippen LogP contribution in [0, 0.1) is 0 Å². The number of carbonyl (C=O) groups is 1. The van der Waals surface area contributed by atoms with Crippen LogP contribution < -0.4 is 0 Å². The second-order valence-corrected chi connectivity index (χ2v) is 1.93. The third kappa shape index (κ3) is 3.80. The van der Waals surface area contributed by atoms with E-state index < -0.39 is 12.8 Å². The molecule has 60 valence electrons. The maximum atomic E-state index is 10.9. The van der Waals surface area contributed by atoms with Gasteiger partial charge in [0.25, 0.3) is 0 Å². The third-order valence-electron chi connectivity index (χ3n) is 1.21. The quantitative estimate of drug-likeness (QED) is 0.412. The van der Waals surface area contributed by atoms with Gasteiger partial charge in [0.15, 0.2) is 6.79 Å². The number of rotatable bonds is 2. The van der Waals surface area contributed by atoms with Crippen LogP contribution in [0.4, 0.5) is 0 Å². The number of benzene rings is 1. The average molecular weight is 192 g/mol. The predicted molar refractivity (Wildman–Crippen MR) is 46.1 cm³/mol. The molecule has 0 bridgehead atoms. The van der Waals surface area contributed by atoms with Gasteiger partial charge in [-0.1, -0.05) is 18.2 Å². The molecule has 0 radical (unpaired) electrons.